The van der Waals surface area contributed by atoms with E-state index in [0.29, 0.717) is 6.04 Å². The zero-order valence-electron chi connectivity index (χ0n) is 12.6. The van der Waals surface area contributed by atoms with Crippen LogP contribution in [0.1, 0.15) is 39.5 Å². The summed E-state index contributed by atoms with van der Waals surface area (Å²) in [4.78, 5) is 14.2. The van der Waals surface area contributed by atoms with Crippen molar-refractivity contribution in [3.63, 3.8) is 0 Å². The van der Waals surface area contributed by atoms with E-state index in [0.717, 1.165) is 30.4 Å². The zero-order valence-corrected chi connectivity index (χ0v) is 12.6. The first kappa shape index (κ1) is 14.8. The van der Waals surface area contributed by atoms with Gasteiger partial charge in [0, 0.05) is 11.7 Å². The molecule has 1 aromatic carbocycles. The lowest BCUT2D eigenvalue weighted by molar-refractivity contribution is -0.114. The van der Waals surface area contributed by atoms with Crippen LogP contribution < -0.4 is 4.90 Å². The molecule has 1 saturated carbocycles. The fourth-order valence-electron chi connectivity index (χ4n) is 3.23. The predicted octanol–water partition coefficient (Wildman–Crippen LogP) is 4.42. The second-order valence-electron chi connectivity index (χ2n) is 6.06. The summed E-state index contributed by atoms with van der Waals surface area (Å²) in [6.45, 7) is 8.25. The molecule has 2 rings (SSSR count). The number of hydrogen-bond acceptors (Lipinski definition) is 1. The van der Waals surface area contributed by atoms with Crippen molar-refractivity contribution in [2.24, 2.45) is 11.8 Å². The number of anilines is 1. The topological polar surface area (TPSA) is 20.3 Å². The van der Waals surface area contributed by atoms with E-state index in [4.69, 9.17) is 0 Å². The van der Waals surface area contributed by atoms with Crippen molar-refractivity contribution in [1.82, 2.24) is 0 Å². The maximum Gasteiger partial charge on any atom is 0.250 e. The highest BCUT2D eigenvalue weighted by Gasteiger charge is 2.29. The van der Waals surface area contributed by atoms with Crippen LogP contribution in [0.3, 0.4) is 0 Å². The van der Waals surface area contributed by atoms with Gasteiger partial charge < -0.3 is 4.90 Å². The van der Waals surface area contributed by atoms with Crippen LogP contribution in [0.2, 0.25) is 0 Å². The van der Waals surface area contributed by atoms with E-state index in [1.54, 1.807) is 0 Å². The van der Waals surface area contributed by atoms with Gasteiger partial charge in [0.15, 0.2) is 0 Å². The van der Waals surface area contributed by atoms with Crippen LogP contribution in [0, 0.1) is 11.8 Å². The minimum absolute atomic E-state index is 0.0178. The normalized spacial score (nSPS) is 22.6. The molecule has 20 heavy (non-hydrogen) atoms. The van der Waals surface area contributed by atoms with E-state index in [2.05, 4.69) is 20.4 Å². The van der Waals surface area contributed by atoms with E-state index in [1.165, 1.54) is 18.9 Å². The maximum atomic E-state index is 12.2. The largest absolute Gasteiger partial charge is 0.306 e. The average Bonchev–Trinajstić information content (AvgIpc) is 2.49. The number of benzene rings is 1. The Morgan fingerprint density at radius 2 is 1.80 bits per heavy atom. The van der Waals surface area contributed by atoms with E-state index >= 15 is 0 Å². The molecule has 1 aromatic rings. The summed E-state index contributed by atoms with van der Waals surface area (Å²) in [5.74, 6) is 1.57. The van der Waals surface area contributed by atoms with Crippen molar-refractivity contribution < 1.29 is 4.79 Å². The molecule has 0 radical (unpaired) electrons. The van der Waals surface area contributed by atoms with Gasteiger partial charge >= 0.3 is 0 Å². The van der Waals surface area contributed by atoms with Crippen LogP contribution >= 0.6 is 0 Å². The van der Waals surface area contributed by atoms with Crippen molar-refractivity contribution in [2.75, 3.05) is 4.90 Å². The first-order valence-corrected chi connectivity index (χ1v) is 7.64. The quantitative estimate of drug-likeness (QED) is 0.742. The van der Waals surface area contributed by atoms with Gasteiger partial charge in [-0.25, -0.2) is 0 Å². The molecule has 0 bridgehead atoms. The van der Waals surface area contributed by atoms with Crippen LogP contribution in [0.4, 0.5) is 5.69 Å². The van der Waals surface area contributed by atoms with Gasteiger partial charge in [-0.3, -0.25) is 4.79 Å². The number of rotatable bonds is 4. The average molecular weight is 271 g/mol. The number of carbonyl (C=O) groups is 1. The standard InChI is InChI=1S/C18H25NO/c1-4-18(20)19(16-8-6-5-7-9-16)17-12-10-15(11-13-17)14(2)3/h4-9,14-15,17H,1,10-13H2,2-3H3. The number of hydrogen-bond donors (Lipinski definition) is 0. The van der Waals surface area contributed by atoms with Crippen molar-refractivity contribution in [3.05, 3.63) is 43.0 Å². The molecule has 1 aliphatic rings. The Labute approximate surface area is 122 Å². The summed E-state index contributed by atoms with van der Waals surface area (Å²) in [5, 5.41) is 0. The molecule has 0 heterocycles. The lowest BCUT2D eigenvalue weighted by Gasteiger charge is -2.37. The first-order chi connectivity index (χ1) is 9.63. The zero-order chi connectivity index (χ0) is 14.5. The second kappa shape index (κ2) is 6.74. The highest BCUT2D eigenvalue weighted by Crippen LogP contribution is 2.34. The minimum Gasteiger partial charge on any atom is -0.306 e. The van der Waals surface area contributed by atoms with Gasteiger partial charge in [-0.05, 0) is 55.7 Å². The van der Waals surface area contributed by atoms with Gasteiger partial charge in [0.05, 0.1) is 0 Å². The van der Waals surface area contributed by atoms with Crippen LogP contribution in [-0.2, 0) is 4.79 Å². The van der Waals surface area contributed by atoms with Crippen molar-refractivity contribution in [2.45, 2.75) is 45.6 Å². The summed E-state index contributed by atoms with van der Waals surface area (Å²) in [5.41, 5.74) is 0.991. The lowest BCUT2D eigenvalue weighted by Crippen LogP contribution is -2.42. The Morgan fingerprint density at radius 3 is 2.30 bits per heavy atom. The fraction of sp³-hybridized carbons (Fsp3) is 0.500. The Morgan fingerprint density at radius 1 is 1.20 bits per heavy atom. The van der Waals surface area contributed by atoms with Crippen LogP contribution in [-0.4, -0.2) is 11.9 Å². The molecule has 1 aliphatic carbocycles. The third-order valence-corrected chi connectivity index (χ3v) is 4.50. The van der Waals surface area contributed by atoms with Gasteiger partial charge in [0.1, 0.15) is 0 Å². The Balaban J connectivity index is 2.13. The number of nitrogens with zero attached hydrogens (tertiary/aromatic N) is 1. The first-order valence-electron chi connectivity index (χ1n) is 7.64. The highest BCUT2D eigenvalue weighted by molar-refractivity contribution is 6.01. The molecule has 0 saturated heterocycles. The van der Waals surface area contributed by atoms with Gasteiger partial charge in [0.2, 0.25) is 0 Å². The highest BCUT2D eigenvalue weighted by atomic mass is 16.2. The van der Waals surface area contributed by atoms with Gasteiger partial charge in [-0.15, -0.1) is 0 Å². The molecule has 1 fully saturated rings. The lowest BCUT2D eigenvalue weighted by atomic mass is 9.79. The Kier molecular flexibility index (Phi) is 4.99. The summed E-state index contributed by atoms with van der Waals surface area (Å²) in [6.07, 6.45) is 6.06. The van der Waals surface area contributed by atoms with Gasteiger partial charge in [-0.1, -0.05) is 38.6 Å². The molecule has 1 amide bonds. The smallest absolute Gasteiger partial charge is 0.250 e. The molecular formula is C18H25NO. The fourth-order valence-corrected chi connectivity index (χ4v) is 3.23. The van der Waals surface area contributed by atoms with E-state index in [1.807, 2.05) is 35.2 Å². The maximum absolute atomic E-state index is 12.2. The van der Waals surface area contributed by atoms with Crippen molar-refractivity contribution >= 4 is 11.6 Å². The molecular weight excluding hydrogens is 246 g/mol. The Bertz CT molecular complexity index is 444. The minimum atomic E-state index is 0.0178. The van der Waals surface area contributed by atoms with Crippen LogP contribution in [0.5, 0.6) is 0 Å². The molecule has 0 aliphatic heterocycles. The molecule has 2 heteroatoms. The number of para-hydroxylation sites is 1. The monoisotopic (exact) mass is 271 g/mol. The third-order valence-electron chi connectivity index (χ3n) is 4.50. The summed E-state index contributed by atoms with van der Waals surface area (Å²) in [6, 6.07) is 10.3. The predicted molar refractivity (Wildman–Crippen MR) is 84.7 cm³/mol. The third kappa shape index (κ3) is 3.30. The molecule has 0 aromatic heterocycles. The van der Waals surface area contributed by atoms with E-state index < -0.39 is 0 Å². The molecule has 0 N–H and O–H groups in total. The van der Waals surface area contributed by atoms with Gasteiger partial charge in [0.25, 0.3) is 5.91 Å². The molecule has 0 unspecified atom stereocenters. The SMILES string of the molecule is C=CC(=O)N(c1ccccc1)C1CCC(C(C)C)CC1. The molecule has 0 atom stereocenters. The number of carbonyl (C=O) groups excluding carboxylic acids is 1. The number of amides is 1. The van der Waals surface area contributed by atoms with Crippen molar-refractivity contribution in [3.8, 4) is 0 Å². The van der Waals surface area contributed by atoms with Gasteiger partial charge in [-0.2, -0.15) is 0 Å². The summed E-state index contributed by atoms with van der Waals surface area (Å²) < 4.78 is 0. The Hall–Kier alpha value is -1.57. The van der Waals surface area contributed by atoms with E-state index in [-0.39, 0.29) is 5.91 Å². The molecule has 0 spiro atoms. The summed E-state index contributed by atoms with van der Waals surface area (Å²) >= 11 is 0. The van der Waals surface area contributed by atoms with Crippen LogP contribution in [0.15, 0.2) is 43.0 Å². The van der Waals surface area contributed by atoms with Crippen molar-refractivity contribution in [1.29, 1.82) is 0 Å². The van der Waals surface area contributed by atoms with Crippen LogP contribution in [0.25, 0.3) is 0 Å². The van der Waals surface area contributed by atoms with E-state index in [9.17, 15) is 4.79 Å². The molecule has 108 valence electrons. The molecule has 2 nitrogen and oxygen atoms in total. The second-order valence-corrected chi connectivity index (χ2v) is 6.06. The summed E-state index contributed by atoms with van der Waals surface area (Å²) in [7, 11) is 0.